The predicted octanol–water partition coefficient (Wildman–Crippen LogP) is 3.42. The maximum absolute atomic E-state index is 13.1. The fraction of sp³-hybridized carbons (Fsp3) is 0.409. The minimum atomic E-state index is -0.951. The van der Waals surface area contributed by atoms with E-state index in [9.17, 15) is 19.1 Å². The number of ether oxygens (including phenoxy) is 2. The van der Waals surface area contributed by atoms with E-state index in [0.29, 0.717) is 0 Å². The van der Waals surface area contributed by atoms with Gasteiger partial charge >= 0.3 is 5.97 Å². The minimum absolute atomic E-state index is 0.0977. The maximum Gasteiger partial charge on any atom is 0.329 e. The molecule has 1 heterocycles. The van der Waals surface area contributed by atoms with Crippen molar-refractivity contribution in [1.82, 2.24) is 10.3 Å². The van der Waals surface area contributed by atoms with Gasteiger partial charge in [-0.2, -0.15) is 0 Å². The molecular formula is C22H27FN2O5. The summed E-state index contributed by atoms with van der Waals surface area (Å²) in [6.07, 6.45) is 0.812. The number of halogens is 1. The highest BCUT2D eigenvalue weighted by molar-refractivity contribution is 5.98. The Balaban J connectivity index is 2.11. The van der Waals surface area contributed by atoms with E-state index in [-0.39, 0.29) is 29.1 Å². The molecule has 0 bridgehead atoms. The van der Waals surface area contributed by atoms with Gasteiger partial charge in [0.25, 0.3) is 5.91 Å². The first kappa shape index (κ1) is 23.1. The third-order valence-corrected chi connectivity index (χ3v) is 4.93. The molecule has 30 heavy (non-hydrogen) atoms. The molecule has 0 unspecified atom stereocenters. The van der Waals surface area contributed by atoms with E-state index in [1.54, 1.807) is 32.9 Å². The van der Waals surface area contributed by atoms with Gasteiger partial charge in [-0.1, -0.05) is 32.9 Å². The lowest BCUT2D eigenvalue weighted by atomic mass is 9.96. The van der Waals surface area contributed by atoms with Crippen LogP contribution in [0.2, 0.25) is 0 Å². The van der Waals surface area contributed by atoms with Crippen LogP contribution >= 0.6 is 0 Å². The van der Waals surface area contributed by atoms with Crippen LogP contribution in [0.15, 0.2) is 36.5 Å². The van der Waals surface area contributed by atoms with Gasteiger partial charge in [0, 0.05) is 18.2 Å². The zero-order valence-electron chi connectivity index (χ0n) is 17.7. The first-order valence-corrected chi connectivity index (χ1v) is 9.64. The van der Waals surface area contributed by atoms with Gasteiger partial charge in [0.05, 0.1) is 7.11 Å². The van der Waals surface area contributed by atoms with Gasteiger partial charge in [0.1, 0.15) is 18.0 Å². The van der Waals surface area contributed by atoms with Crippen molar-refractivity contribution in [2.75, 3.05) is 7.11 Å². The van der Waals surface area contributed by atoms with Gasteiger partial charge in [-0.25, -0.2) is 14.2 Å². The van der Waals surface area contributed by atoms with Gasteiger partial charge in [-0.15, -0.1) is 0 Å². The second-order valence-corrected chi connectivity index (χ2v) is 7.39. The Morgan fingerprint density at radius 3 is 2.30 bits per heavy atom. The Morgan fingerprint density at radius 2 is 1.73 bits per heavy atom. The molecule has 0 saturated carbocycles. The molecule has 0 aliphatic heterocycles. The molecule has 0 aliphatic rings. The van der Waals surface area contributed by atoms with Crippen molar-refractivity contribution in [3.05, 3.63) is 53.6 Å². The van der Waals surface area contributed by atoms with Crippen LogP contribution in [0, 0.1) is 11.7 Å². The van der Waals surface area contributed by atoms with E-state index >= 15 is 0 Å². The summed E-state index contributed by atoms with van der Waals surface area (Å²) in [5.41, 5.74) is 0.577. The molecule has 1 amide bonds. The van der Waals surface area contributed by atoms with E-state index in [4.69, 9.17) is 9.47 Å². The summed E-state index contributed by atoms with van der Waals surface area (Å²) >= 11 is 0. The SMILES string of the molecule is COc1ccnc(C(=O)N[C@H](C(=O)O[C@@H](C)[C@@H](C)c2ccc(F)cc2)C(C)C)c1O. The summed E-state index contributed by atoms with van der Waals surface area (Å²) in [6.45, 7) is 7.13. The van der Waals surface area contributed by atoms with Gasteiger partial charge in [0.15, 0.2) is 17.2 Å². The lowest BCUT2D eigenvalue weighted by Crippen LogP contribution is -2.46. The Hall–Kier alpha value is -3.16. The van der Waals surface area contributed by atoms with Gasteiger partial charge in [-0.05, 0) is 30.5 Å². The van der Waals surface area contributed by atoms with Crippen LogP contribution in [0.5, 0.6) is 11.5 Å². The molecular weight excluding hydrogens is 391 g/mol. The Bertz CT molecular complexity index is 886. The molecule has 2 rings (SSSR count). The fourth-order valence-electron chi connectivity index (χ4n) is 2.87. The van der Waals surface area contributed by atoms with Crippen molar-refractivity contribution >= 4 is 11.9 Å². The first-order valence-electron chi connectivity index (χ1n) is 9.64. The largest absolute Gasteiger partial charge is 0.503 e. The van der Waals surface area contributed by atoms with Crippen LogP contribution in [0.4, 0.5) is 4.39 Å². The number of hydrogen-bond donors (Lipinski definition) is 2. The lowest BCUT2D eigenvalue weighted by Gasteiger charge is -2.26. The number of carbonyl (C=O) groups is 2. The zero-order valence-corrected chi connectivity index (χ0v) is 17.7. The van der Waals surface area contributed by atoms with E-state index in [1.165, 1.54) is 31.5 Å². The van der Waals surface area contributed by atoms with Gasteiger partial charge < -0.3 is 19.9 Å². The third-order valence-electron chi connectivity index (χ3n) is 4.93. The molecule has 8 heteroatoms. The standard InChI is InChI=1S/C22H27FN2O5/c1-12(2)18(25-21(27)19-20(26)17(29-5)10-11-24-19)22(28)30-14(4)13(3)15-6-8-16(23)9-7-15/h6-14,18,26H,1-5H3,(H,25,27)/t13-,14+,18+/m1/s1. The second kappa shape index (κ2) is 10.0. The summed E-state index contributed by atoms with van der Waals surface area (Å²) in [6, 6.07) is 6.45. The highest BCUT2D eigenvalue weighted by atomic mass is 19.1. The summed E-state index contributed by atoms with van der Waals surface area (Å²) in [5.74, 6) is -2.44. The van der Waals surface area contributed by atoms with Crippen LogP contribution in [-0.4, -0.2) is 41.2 Å². The molecule has 0 saturated heterocycles. The number of pyridine rings is 1. The van der Waals surface area contributed by atoms with Crippen LogP contribution in [0.25, 0.3) is 0 Å². The highest BCUT2D eigenvalue weighted by Gasteiger charge is 2.30. The summed E-state index contributed by atoms with van der Waals surface area (Å²) < 4.78 is 23.7. The van der Waals surface area contributed by atoms with Crippen molar-refractivity contribution in [2.24, 2.45) is 5.92 Å². The molecule has 2 aromatic rings. The van der Waals surface area contributed by atoms with Crippen LogP contribution < -0.4 is 10.1 Å². The van der Waals surface area contributed by atoms with Crippen molar-refractivity contribution < 1.29 is 28.6 Å². The van der Waals surface area contributed by atoms with E-state index in [0.717, 1.165) is 5.56 Å². The van der Waals surface area contributed by atoms with Crippen molar-refractivity contribution in [3.8, 4) is 11.5 Å². The zero-order chi connectivity index (χ0) is 22.4. The Kier molecular flexibility index (Phi) is 7.74. The average Bonchev–Trinajstić information content (AvgIpc) is 2.71. The Labute approximate surface area is 175 Å². The normalized spacial score (nSPS) is 14.0. The number of hydrogen-bond acceptors (Lipinski definition) is 6. The molecule has 1 aromatic heterocycles. The fourth-order valence-corrected chi connectivity index (χ4v) is 2.87. The number of benzene rings is 1. The van der Waals surface area contributed by atoms with E-state index in [1.807, 2.05) is 6.92 Å². The number of esters is 1. The monoisotopic (exact) mass is 418 g/mol. The molecule has 0 radical (unpaired) electrons. The van der Waals surface area contributed by atoms with Crippen LogP contribution in [0.3, 0.4) is 0 Å². The molecule has 3 atom stereocenters. The number of aromatic hydroxyl groups is 1. The minimum Gasteiger partial charge on any atom is -0.503 e. The summed E-state index contributed by atoms with van der Waals surface area (Å²) in [4.78, 5) is 29.2. The predicted molar refractivity (Wildman–Crippen MR) is 109 cm³/mol. The van der Waals surface area contributed by atoms with Crippen LogP contribution in [-0.2, 0) is 9.53 Å². The number of carbonyl (C=O) groups excluding carboxylic acids is 2. The van der Waals surface area contributed by atoms with E-state index < -0.39 is 29.8 Å². The number of nitrogens with one attached hydrogen (secondary N) is 1. The average molecular weight is 418 g/mol. The maximum atomic E-state index is 13.1. The number of amides is 1. The highest BCUT2D eigenvalue weighted by Crippen LogP contribution is 2.28. The quantitative estimate of drug-likeness (QED) is 0.638. The molecule has 2 N–H and O–H groups in total. The molecule has 162 valence electrons. The first-order chi connectivity index (χ1) is 14.1. The second-order valence-electron chi connectivity index (χ2n) is 7.39. The van der Waals surface area contributed by atoms with Crippen molar-refractivity contribution in [2.45, 2.75) is 45.8 Å². The number of methoxy groups -OCH3 is 1. The smallest absolute Gasteiger partial charge is 0.329 e. The molecule has 7 nitrogen and oxygen atoms in total. The van der Waals surface area contributed by atoms with Crippen molar-refractivity contribution in [3.63, 3.8) is 0 Å². The number of aromatic nitrogens is 1. The summed E-state index contributed by atoms with van der Waals surface area (Å²) in [5, 5.41) is 12.7. The molecule has 0 spiro atoms. The molecule has 1 aromatic carbocycles. The Morgan fingerprint density at radius 1 is 1.10 bits per heavy atom. The number of rotatable bonds is 8. The van der Waals surface area contributed by atoms with Gasteiger partial charge in [0.2, 0.25) is 0 Å². The van der Waals surface area contributed by atoms with E-state index in [2.05, 4.69) is 10.3 Å². The topological polar surface area (TPSA) is 97.8 Å². The molecule has 0 fully saturated rings. The van der Waals surface area contributed by atoms with Gasteiger partial charge in [-0.3, -0.25) is 4.79 Å². The summed E-state index contributed by atoms with van der Waals surface area (Å²) in [7, 11) is 1.36. The lowest BCUT2D eigenvalue weighted by molar-refractivity contribution is -0.152. The number of nitrogens with zero attached hydrogens (tertiary/aromatic N) is 1. The third kappa shape index (κ3) is 5.46. The molecule has 0 aliphatic carbocycles. The van der Waals surface area contributed by atoms with Crippen molar-refractivity contribution in [1.29, 1.82) is 0 Å². The van der Waals surface area contributed by atoms with Crippen LogP contribution in [0.1, 0.15) is 49.7 Å².